The number of carbonyl (C=O) groups is 1. The summed E-state index contributed by atoms with van der Waals surface area (Å²) < 4.78 is 14.4. The van der Waals surface area contributed by atoms with Gasteiger partial charge in [-0.05, 0) is 31.2 Å². The van der Waals surface area contributed by atoms with Gasteiger partial charge in [-0.2, -0.15) is 5.10 Å². The van der Waals surface area contributed by atoms with E-state index in [1.54, 1.807) is 23.2 Å². The third kappa shape index (κ3) is 4.01. The van der Waals surface area contributed by atoms with Crippen molar-refractivity contribution in [1.82, 2.24) is 30.5 Å². The van der Waals surface area contributed by atoms with Crippen molar-refractivity contribution in [1.29, 1.82) is 0 Å². The molecule has 1 amide bonds. The van der Waals surface area contributed by atoms with Crippen LogP contribution in [0.1, 0.15) is 36.1 Å². The fourth-order valence-electron chi connectivity index (χ4n) is 3.24. The number of nitrogens with one attached hydrogen (secondary N) is 2. The first-order valence-corrected chi connectivity index (χ1v) is 9.88. The maximum atomic E-state index is 14.4. The van der Waals surface area contributed by atoms with Crippen LogP contribution in [0.2, 0.25) is 0 Å². The molecule has 1 aliphatic heterocycles. The average molecular weight is 401 g/mol. The molecule has 0 aromatic carbocycles. The van der Waals surface area contributed by atoms with Crippen molar-refractivity contribution >= 4 is 23.1 Å². The molecule has 3 aromatic heterocycles. The van der Waals surface area contributed by atoms with E-state index in [0.29, 0.717) is 36.9 Å². The monoisotopic (exact) mass is 401 g/mol. The zero-order valence-electron chi connectivity index (χ0n) is 15.4. The zero-order valence-corrected chi connectivity index (χ0v) is 16.2. The first kappa shape index (κ1) is 18.5. The van der Waals surface area contributed by atoms with Crippen molar-refractivity contribution < 1.29 is 9.18 Å². The van der Waals surface area contributed by atoms with Crippen molar-refractivity contribution in [3.63, 3.8) is 0 Å². The van der Waals surface area contributed by atoms with E-state index >= 15 is 0 Å². The highest BCUT2D eigenvalue weighted by Crippen LogP contribution is 2.28. The molecule has 1 fully saturated rings. The molecule has 1 atom stereocenters. The minimum absolute atomic E-state index is 0.175. The van der Waals surface area contributed by atoms with E-state index in [-0.39, 0.29) is 24.7 Å². The molecular weight excluding hydrogens is 381 g/mol. The second-order valence-electron chi connectivity index (χ2n) is 6.93. The second-order valence-corrected chi connectivity index (χ2v) is 7.88. The first-order valence-electron chi connectivity index (χ1n) is 9.00. The van der Waals surface area contributed by atoms with E-state index < -0.39 is 5.67 Å². The summed E-state index contributed by atoms with van der Waals surface area (Å²) in [5.41, 5.74) is -1.13. The predicted octanol–water partition coefficient (Wildman–Crippen LogP) is 2.58. The van der Waals surface area contributed by atoms with Crippen LogP contribution in [-0.4, -0.2) is 49.8 Å². The maximum absolute atomic E-state index is 14.4. The Morgan fingerprint density at radius 1 is 1.43 bits per heavy atom. The Balaban J connectivity index is 1.45. The van der Waals surface area contributed by atoms with Gasteiger partial charge in [-0.15, -0.1) is 11.3 Å². The van der Waals surface area contributed by atoms with Crippen molar-refractivity contribution in [2.75, 3.05) is 18.0 Å². The summed E-state index contributed by atoms with van der Waals surface area (Å²) >= 11 is 1.54. The number of H-pyrrole nitrogens is 1. The zero-order chi connectivity index (χ0) is 19.6. The van der Waals surface area contributed by atoms with Crippen LogP contribution in [0, 0.1) is 0 Å². The largest absolute Gasteiger partial charge is 0.351 e. The van der Waals surface area contributed by atoms with E-state index in [4.69, 9.17) is 0 Å². The molecule has 0 radical (unpaired) electrons. The van der Waals surface area contributed by atoms with Crippen LogP contribution in [0.4, 0.5) is 10.2 Å². The van der Waals surface area contributed by atoms with E-state index in [1.807, 2.05) is 17.5 Å². The number of alkyl halides is 1. The molecule has 8 nitrogen and oxygen atoms in total. The van der Waals surface area contributed by atoms with Crippen LogP contribution in [0.5, 0.6) is 0 Å². The summed E-state index contributed by atoms with van der Waals surface area (Å²) in [6.45, 7) is 2.58. The molecule has 4 rings (SSSR count). The van der Waals surface area contributed by atoms with Crippen LogP contribution in [0.3, 0.4) is 0 Å². The number of aromatic amines is 1. The lowest BCUT2D eigenvalue weighted by Crippen LogP contribution is -2.44. The third-order valence-corrected chi connectivity index (χ3v) is 5.40. The van der Waals surface area contributed by atoms with Gasteiger partial charge in [-0.25, -0.2) is 19.3 Å². The number of halogens is 1. The second kappa shape index (κ2) is 7.63. The van der Waals surface area contributed by atoms with Crippen molar-refractivity contribution in [2.24, 2.45) is 0 Å². The first-order chi connectivity index (χ1) is 13.5. The Labute approximate surface area is 165 Å². The van der Waals surface area contributed by atoms with E-state index in [9.17, 15) is 9.18 Å². The van der Waals surface area contributed by atoms with Gasteiger partial charge in [0.1, 0.15) is 11.5 Å². The van der Waals surface area contributed by atoms with Gasteiger partial charge < -0.3 is 10.2 Å². The Morgan fingerprint density at radius 2 is 2.29 bits per heavy atom. The van der Waals surface area contributed by atoms with Crippen molar-refractivity contribution in [2.45, 2.75) is 32.0 Å². The van der Waals surface area contributed by atoms with Gasteiger partial charge in [0.2, 0.25) is 0 Å². The normalized spacial score (nSPS) is 19.6. The van der Waals surface area contributed by atoms with Crippen molar-refractivity contribution in [3.8, 4) is 10.7 Å². The summed E-state index contributed by atoms with van der Waals surface area (Å²) in [6, 6.07) is 3.86. The molecule has 0 aliphatic carbocycles. The van der Waals surface area contributed by atoms with Crippen LogP contribution < -0.4 is 10.2 Å². The topological polar surface area (TPSA) is 99.7 Å². The highest BCUT2D eigenvalue weighted by atomic mass is 32.1. The van der Waals surface area contributed by atoms with E-state index in [1.165, 1.54) is 12.4 Å². The number of carbonyl (C=O) groups excluding carboxylic acids is 1. The van der Waals surface area contributed by atoms with E-state index in [0.717, 1.165) is 4.88 Å². The van der Waals surface area contributed by atoms with E-state index in [2.05, 4.69) is 30.5 Å². The smallest absolute Gasteiger partial charge is 0.274 e. The summed E-state index contributed by atoms with van der Waals surface area (Å²) in [7, 11) is 0. The maximum Gasteiger partial charge on any atom is 0.274 e. The van der Waals surface area contributed by atoms with Gasteiger partial charge in [-0.3, -0.25) is 9.89 Å². The molecular formula is C18H20FN7OS. The molecule has 0 bridgehead atoms. The summed E-state index contributed by atoms with van der Waals surface area (Å²) in [5.74, 6) is 1.15. The number of amides is 1. The molecule has 1 unspecified atom stereocenters. The molecule has 28 heavy (non-hydrogen) atoms. The standard InChI is InChI=1S/C18H20FN7OS/c1-18(19)5-3-8-26(11-18)16-14(20-6-7-21-16)17(27)22-10-13-23-15(25-24-13)12-4-2-9-28-12/h2,4,6-7,9H,3,5,8,10-11H2,1H3,(H,22,27)(H,23,24,25). The molecule has 1 saturated heterocycles. The minimum atomic E-state index is -1.30. The molecule has 1 aliphatic rings. The van der Waals surface area contributed by atoms with Crippen LogP contribution >= 0.6 is 11.3 Å². The summed E-state index contributed by atoms with van der Waals surface area (Å²) in [5, 5.41) is 11.7. The third-order valence-electron chi connectivity index (χ3n) is 4.53. The average Bonchev–Trinajstić information content (AvgIpc) is 3.37. The Morgan fingerprint density at radius 3 is 3.07 bits per heavy atom. The summed E-state index contributed by atoms with van der Waals surface area (Å²) in [6.07, 6.45) is 4.18. The number of anilines is 1. The van der Waals surface area contributed by atoms with Gasteiger partial charge in [-0.1, -0.05) is 6.07 Å². The highest BCUT2D eigenvalue weighted by Gasteiger charge is 2.33. The molecule has 4 heterocycles. The highest BCUT2D eigenvalue weighted by molar-refractivity contribution is 7.13. The predicted molar refractivity (Wildman–Crippen MR) is 104 cm³/mol. The lowest BCUT2D eigenvalue weighted by Gasteiger charge is -2.36. The molecule has 0 spiro atoms. The molecule has 3 aromatic rings. The molecule has 146 valence electrons. The molecule has 10 heteroatoms. The lowest BCUT2D eigenvalue weighted by atomic mass is 9.97. The number of hydrogen-bond acceptors (Lipinski definition) is 7. The van der Waals surface area contributed by atoms with Crippen LogP contribution in [0.15, 0.2) is 29.9 Å². The number of piperidine rings is 1. The fourth-order valence-corrected chi connectivity index (χ4v) is 3.89. The van der Waals surface area contributed by atoms with Gasteiger partial charge in [0.15, 0.2) is 17.3 Å². The molecule has 2 N–H and O–H groups in total. The number of nitrogens with zero attached hydrogens (tertiary/aromatic N) is 5. The van der Waals surface area contributed by atoms with Gasteiger partial charge in [0.05, 0.1) is 18.0 Å². The quantitative estimate of drug-likeness (QED) is 0.682. The number of rotatable bonds is 5. The van der Waals surface area contributed by atoms with Gasteiger partial charge >= 0.3 is 0 Å². The Kier molecular flexibility index (Phi) is 5.03. The van der Waals surface area contributed by atoms with Crippen LogP contribution in [-0.2, 0) is 6.54 Å². The Bertz CT molecular complexity index is 957. The van der Waals surface area contributed by atoms with Crippen molar-refractivity contribution in [3.05, 3.63) is 41.4 Å². The summed E-state index contributed by atoms with van der Waals surface area (Å²) in [4.78, 5) is 28.3. The lowest BCUT2D eigenvalue weighted by molar-refractivity contribution is 0.0944. The number of hydrogen-bond donors (Lipinski definition) is 2. The van der Waals surface area contributed by atoms with Gasteiger partial charge in [0, 0.05) is 18.9 Å². The van der Waals surface area contributed by atoms with Crippen LogP contribution in [0.25, 0.3) is 10.7 Å². The number of thiophene rings is 1. The minimum Gasteiger partial charge on any atom is -0.351 e. The fraction of sp³-hybridized carbons (Fsp3) is 0.389. The number of aromatic nitrogens is 5. The molecule has 0 saturated carbocycles. The SMILES string of the molecule is CC1(F)CCCN(c2nccnc2C(=O)NCc2nc(-c3cccs3)n[nH]2)C1. The Hall–Kier alpha value is -2.88. The van der Waals surface area contributed by atoms with Gasteiger partial charge in [0.25, 0.3) is 5.91 Å².